The number of pyridine rings is 1. The smallest absolute Gasteiger partial charge is 0.339 e. The van der Waals surface area contributed by atoms with E-state index in [1.165, 1.54) is 6.07 Å². The van der Waals surface area contributed by atoms with Gasteiger partial charge in [-0.05, 0) is 63.6 Å². The molecule has 0 atom stereocenters. The molecule has 0 fully saturated rings. The summed E-state index contributed by atoms with van der Waals surface area (Å²) < 4.78 is 5.98. The Morgan fingerprint density at radius 3 is 2.55 bits per heavy atom. The number of nitrogens with one attached hydrogen (secondary N) is 1. The number of carbonyl (C=O) groups excluding carboxylic acids is 2. The number of hydrogen-bond acceptors (Lipinski definition) is 7. The molecule has 2 aromatic heterocycles. The Morgan fingerprint density at radius 1 is 1.14 bits per heavy atom. The first-order chi connectivity index (χ1) is 13.9. The normalized spacial score (nSPS) is 10.6. The predicted octanol–water partition coefficient (Wildman–Crippen LogP) is 5.04. The molecule has 2 heterocycles. The van der Waals surface area contributed by atoms with Crippen LogP contribution >= 0.6 is 23.1 Å². The van der Waals surface area contributed by atoms with E-state index in [0.29, 0.717) is 16.9 Å². The summed E-state index contributed by atoms with van der Waals surface area (Å²) in [5.74, 6) is -0.772. The summed E-state index contributed by atoms with van der Waals surface area (Å²) >= 11 is 3.21. The van der Waals surface area contributed by atoms with E-state index in [2.05, 4.69) is 15.3 Å². The van der Waals surface area contributed by atoms with Crippen LogP contribution in [0.15, 0.2) is 44.9 Å². The molecule has 0 unspecified atom stereocenters. The highest BCUT2D eigenvalue weighted by atomic mass is 32.2. The van der Waals surface area contributed by atoms with Gasteiger partial charge in [0.15, 0.2) is 4.34 Å². The van der Waals surface area contributed by atoms with Crippen LogP contribution in [-0.4, -0.2) is 28.5 Å². The van der Waals surface area contributed by atoms with Gasteiger partial charge in [0.2, 0.25) is 0 Å². The van der Waals surface area contributed by atoms with E-state index in [1.807, 2.05) is 37.4 Å². The van der Waals surface area contributed by atoms with Gasteiger partial charge in [-0.1, -0.05) is 11.8 Å². The first-order valence-electron chi connectivity index (χ1n) is 9.04. The van der Waals surface area contributed by atoms with Gasteiger partial charge >= 0.3 is 5.97 Å². The molecular weight excluding hydrogens is 406 g/mol. The first-order valence-corrected chi connectivity index (χ1v) is 10.7. The minimum atomic E-state index is -0.441. The average molecular weight is 428 g/mol. The van der Waals surface area contributed by atoms with Crippen LogP contribution in [0, 0.1) is 20.8 Å². The highest BCUT2D eigenvalue weighted by Crippen LogP contribution is 2.32. The van der Waals surface area contributed by atoms with E-state index < -0.39 is 5.97 Å². The SMILES string of the molecule is CCOC(=O)c1ccc(C(=O)Nc2ccc(Sc3nc(C)cs3)cc2C)nc1C. The van der Waals surface area contributed by atoms with Crippen LogP contribution in [0.5, 0.6) is 0 Å². The predicted molar refractivity (Wildman–Crippen MR) is 115 cm³/mol. The Kier molecular flexibility index (Phi) is 6.66. The Morgan fingerprint density at radius 2 is 1.93 bits per heavy atom. The lowest BCUT2D eigenvalue weighted by atomic mass is 10.1. The van der Waals surface area contributed by atoms with Crippen LogP contribution in [0.3, 0.4) is 0 Å². The van der Waals surface area contributed by atoms with Crippen LogP contribution in [0.1, 0.15) is 44.7 Å². The number of anilines is 1. The van der Waals surface area contributed by atoms with Crippen LogP contribution < -0.4 is 5.32 Å². The lowest BCUT2D eigenvalue weighted by Crippen LogP contribution is -2.16. The van der Waals surface area contributed by atoms with Gasteiger partial charge in [-0.2, -0.15) is 0 Å². The van der Waals surface area contributed by atoms with Crippen molar-refractivity contribution < 1.29 is 14.3 Å². The molecule has 8 heteroatoms. The van der Waals surface area contributed by atoms with Gasteiger partial charge in [-0.25, -0.2) is 14.8 Å². The summed E-state index contributed by atoms with van der Waals surface area (Å²) in [6.07, 6.45) is 0. The maximum absolute atomic E-state index is 12.6. The quantitative estimate of drug-likeness (QED) is 0.555. The van der Waals surface area contributed by atoms with Gasteiger partial charge in [0.25, 0.3) is 5.91 Å². The molecule has 0 saturated heterocycles. The molecule has 0 radical (unpaired) electrons. The van der Waals surface area contributed by atoms with Crippen molar-refractivity contribution >= 4 is 40.7 Å². The minimum absolute atomic E-state index is 0.242. The topological polar surface area (TPSA) is 81.2 Å². The highest BCUT2D eigenvalue weighted by Gasteiger charge is 2.15. The molecule has 29 heavy (non-hydrogen) atoms. The Balaban J connectivity index is 1.71. The molecule has 1 amide bonds. The third-order valence-electron chi connectivity index (χ3n) is 4.06. The maximum Gasteiger partial charge on any atom is 0.339 e. The van der Waals surface area contributed by atoms with Crippen molar-refractivity contribution in [1.82, 2.24) is 9.97 Å². The molecule has 0 aliphatic rings. The molecule has 150 valence electrons. The number of aryl methyl sites for hydroxylation is 3. The second-order valence-electron chi connectivity index (χ2n) is 6.34. The van der Waals surface area contributed by atoms with Gasteiger partial charge in [0, 0.05) is 21.7 Å². The van der Waals surface area contributed by atoms with E-state index in [0.717, 1.165) is 20.5 Å². The number of thiazole rings is 1. The summed E-state index contributed by atoms with van der Waals surface area (Å²) in [5, 5.41) is 4.90. The van der Waals surface area contributed by atoms with E-state index in [9.17, 15) is 9.59 Å². The molecule has 3 rings (SSSR count). The summed E-state index contributed by atoms with van der Waals surface area (Å²) in [7, 11) is 0. The first kappa shape index (κ1) is 21.0. The van der Waals surface area contributed by atoms with Crippen LogP contribution in [0.2, 0.25) is 0 Å². The van der Waals surface area contributed by atoms with Crippen molar-refractivity contribution in [3.05, 3.63) is 63.9 Å². The monoisotopic (exact) mass is 427 g/mol. The molecule has 6 nitrogen and oxygen atoms in total. The fourth-order valence-electron chi connectivity index (χ4n) is 2.62. The van der Waals surface area contributed by atoms with Crippen LogP contribution in [0.25, 0.3) is 0 Å². The Labute approximate surface area is 177 Å². The van der Waals surface area contributed by atoms with E-state index in [4.69, 9.17) is 4.74 Å². The molecule has 1 N–H and O–H groups in total. The summed E-state index contributed by atoms with van der Waals surface area (Å²) in [6.45, 7) is 7.62. The number of nitrogens with zero attached hydrogens (tertiary/aromatic N) is 2. The molecule has 0 aliphatic carbocycles. The number of hydrogen-bond donors (Lipinski definition) is 1. The maximum atomic E-state index is 12.6. The Hall–Kier alpha value is -2.71. The zero-order chi connectivity index (χ0) is 21.0. The molecule has 3 aromatic rings. The largest absolute Gasteiger partial charge is 0.462 e. The molecular formula is C21H21N3O3S2. The zero-order valence-electron chi connectivity index (χ0n) is 16.6. The highest BCUT2D eigenvalue weighted by molar-refractivity contribution is 8.01. The molecule has 0 spiro atoms. The zero-order valence-corrected chi connectivity index (χ0v) is 18.2. The van der Waals surface area contributed by atoms with Crippen molar-refractivity contribution in [2.75, 3.05) is 11.9 Å². The molecule has 0 saturated carbocycles. The van der Waals surface area contributed by atoms with E-state index in [1.54, 1.807) is 43.0 Å². The van der Waals surface area contributed by atoms with Gasteiger partial charge in [0.1, 0.15) is 5.69 Å². The molecule has 0 aliphatic heterocycles. The second-order valence-corrected chi connectivity index (χ2v) is 8.52. The number of esters is 1. The van der Waals surface area contributed by atoms with Crippen molar-refractivity contribution in [2.24, 2.45) is 0 Å². The van der Waals surface area contributed by atoms with Gasteiger partial charge < -0.3 is 10.1 Å². The fourth-order valence-corrected chi connectivity index (χ4v) is 4.53. The third-order valence-corrected chi connectivity index (χ3v) is 6.11. The number of aromatic nitrogens is 2. The van der Waals surface area contributed by atoms with Crippen molar-refractivity contribution in [2.45, 2.75) is 36.9 Å². The number of carbonyl (C=O) groups is 2. The van der Waals surface area contributed by atoms with Crippen molar-refractivity contribution in [3.8, 4) is 0 Å². The number of rotatable bonds is 6. The number of amides is 1. The summed E-state index contributed by atoms with van der Waals surface area (Å²) in [6, 6.07) is 8.93. The molecule has 0 bridgehead atoms. The number of ether oxygens (including phenoxy) is 1. The summed E-state index contributed by atoms with van der Waals surface area (Å²) in [5.41, 5.74) is 3.72. The lowest BCUT2D eigenvalue weighted by molar-refractivity contribution is 0.0524. The fraction of sp³-hybridized carbons (Fsp3) is 0.238. The van der Waals surface area contributed by atoms with Crippen molar-refractivity contribution in [1.29, 1.82) is 0 Å². The van der Waals surface area contributed by atoms with Crippen molar-refractivity contribution in [3.63, 3.8) is 0 Å². The average Bonchev–Trinajstić information content (AvgIpc) is 3.08. The minimum Gasteiger partial charge on any atom is -0.462 e. The van der Waals surface area contributed by atoms with Crippen LogP contribution in [-0.2, 0) is 4.74 Å². The van der Waals surface area contributed by atoms with Gasteiger partial charge in [0.05, 0.1) is 17.9 Å². The van der Waals surface area contributed by atoms with Crippen LogP contribution in [0.4, 0.5) is 5.69 Å². The third kappa shape index (κ3) is 5.21. The Bertz CT molecular complexity index is 1060. The second kappa shape index (κ2) is 9.19. The van der Waals surface area contributed by atoms with E-state index >= 15 is 0 Å². The summed E-state index contributed by atoms with van der Waals surface area (Å²) in [4.78, 5) is 34.2. The van der Waals surface area contributed by atoms with Gasteiger partial charge in [-0.3, -0.25) is 4.79 Å². The lowest BCUT2D eigenvalue weighted by Gasteiger charge is -2.11. The van der Waals surface area contributed by atoms with E-state index in [-0.39, 0.29) is 18.2 Å². The van der Waals surface area contributed by atoms with Gasteiger partial charge in [-0.15, -0.1) is 11.3 Å². The number of benzene rings is 1. The standard InChI is InChI=1S/C21H21N3O3S2/c1-5-27-20(26)16-7-9-18(23-14(16)4)19(25)24-17-8-6-15(10-12(17)2)29-21-22-13(3)11-28-21/h6-11H,5H2,1-4H3,(H,24,25). The molecule has 1 aromatic carbocycles.